The maximum Gasteiger partial charge on any atom is 0.246 e. The summed E-state index contributed by atoms with van der Waals surface area (Å²) in [4.78, 5) is 17.3. The molecule has 31 heavy (non-hydrogen) atoms. The number of benzene rings is 2. The van der Waals surface area contributed by atoms with E-state index >= 15 is 0 Å². The fraction of sp³-hybridized carbons (Fsp3) is 0.333. The van der Waals surface area contributed by atoms with Crippen LogP contribution in [0.2, 0.25) is 0 Å². The van der Waals surface area contributed by atoms with Crippen LogP contribution in [0.1, 0.15) is 11.9 Å². The number of fused-ring (bicyclic) bond motifs is 1. The van der Waals surface area contributed by atoms with Gasteiger partial charge in [0, 0.05) is 24.5 Å². The summed E-state index contributed by atoms with van der Waals surface area (Å²) in [6.07, 6.45) is 0. The highest BCUT2D eigenvalue weighted by atomic mass is 32.2. The van der Waals surface area contributed by atoms with Gasteiger partial charge in [0.05, 0.1) is 33.3 Å². The van der Waals surface area contributed by atoms with Gasteiger partial charge < -0.3 is 15.4 Å². The molecule has 2 heterocycles. The lowest BCUT2D eigenvalue weighted by Gasteiger charge is -2.26. The first kappa shape index (κ1) is 21.7. The van der Waals surface area contributed by atoms with Crippen LogP contribution in [0, 0.1) is 6.92 Å². The van der Waals surface area contributed by atoms with Crippen LogP contribution in [0.25, 0.3) is 10.2 Å². The fourth-order valence-corrected chi connectivity index (χ4v) is 5.69. The lowest BCUT2D eigenvalue weighted by atomic mass is 10.2. The minimum Gasteiger partial charge on any atom is -0.379 e. The molecule has 1 fully saturated rings. The van der Waals surface area contributed by atoms with Gasteiger partial charge in [0.15, 0.2) is 0 Å². The predicted molar refractivity (Wildman–Crippen MR) is 122 cm³/mol. The van der Waals surface area contributed by atoms with E-state index in [2.05, 4.69) is 15.6 Å². The Morgan fingerprint density at radius 3 is 2.71 bits per heavy atom. The van der Waals surface area contributed by atoms with Crippen LogP contribution in [0.3, 0.4) is 0 Å². The van der Waals surface area contributed by atoms with Gasteiger partial charge in [-0.3, -0.25) is 4.79 Å². The zero-order chi connectivity index (χ0) is 22.0. The summed E-state index contributed by atoms with van der Waals surface area (Å²) in [6.45, 7) is 5.12. The maximum absolute atomic E-state index is 12.9. The number of aryl methyl sites for hydroxylation is 1. The van der Waals surface area contributed by atoms with Crippen molar-refractivity contribution in [2.24, 2.45) is 0 Å². The Morgan fingerprint density at radius 2 is 1.94 bits per heavy atom. The van der Waals surface area contributed by atoms with Crippen molar-refractivity contribution in [1.82, 2.24) is 9.29 Å². The fourth-order valence-electron chi connectivity index (χ4n) is 3.37. The summed E-state index contributed by atoms with van der Waals surface area (Å²) in [5, 5.41) is 6.98. The zero-order valence-corrected chi connectivity index (χ0v) is 18.9. The normalized spacial score (nSPS) is 16.2. The molecule has 2 N–H and O–H groups in total. The number of nitrogens with zero attached hydrogens (tertiary/aromatic N) is 2. The SMILES string of the molecule is Cc1nc2ccc(N[C@@H](C)C(=O)Nc3cccc(S(=O)(=O)N4CCOCC4)c3)cc2s1. The van der Waals surface area contributed by atoms with Crippen molar-refractivity contribution < 1.29 is 17.9 Å². The molecule has 1 atom stereocenters. The summed E-state index contributed by atoms with van der Waals surface area (Å²) in [7, 11) is -3.63. The molecule has 0 unspecified atom stereocenters. The molecule has 2 aromatic carbocycles. The Bertz CT molecular complexity index is 1200. The van der Waals surface area contributed by atoms with Crippen LogP contribution in [0.4, 0.5) is 11.4 Å². The minimum absolute atomic E-state index is 0.152. The molecule has 1 aromatic heterocycles. The summed E-state index contributed by atoms with van der Waals surface area (Å²) in [5.74, 6) is -0.262. The molecule has 3 aromatic rings. The van der Waals surface area contributed by atoms with Gasteiger partial charge in [-0.25, -0.2) is 13.4 Å². The maximum atomic E-state index is 12.9. The van der Waals surface area contributed by atoms with Crippen LogP contribution in [-0.4, -0.2) is 56.0 Å². The third kappa shape index (κ3) is 4.87. The van der Waals surface area contributed by atoms with E-state index in [9.17, 15) is 13.2 Å². The second-order valence-corrected chi connectivity index (χ2v) is 10.5. The molecule has 10 heteroatoms. The summed E-state index contributed by atoms with van der Waals surface area (Å²) in [6, 6.07) is 11.6. The number of thiazole rings is 1. The average Bonchev–Trinajstić information content (AvgIpc) is 3.13. The predicted octanol–water partition coefficient (Wildman–Crippen LogP) is 3.06. The topological polar surface area (TPSA) is 101 Å². The van der Waals surface area contributed by atoms with Gasteiger partial charge in [0.25, 0.3) is 0 Å². The molecule has 0 bridgehead atoms. The zero-order valence-electron chi connectivity index (χ0n) is 17.3. The Kier molecular flexibility index (Phi) is 6.24. The van der Waals surface area contributed by atoms with Crippen LogP contribution in [0.15, 0.2) is 47.4 Å². The van der Waals surface area contributed by atoms with Gasteiger partial charge in [-0.05, 0) is 50.2 Å². The molecule has 1 aliphatic heterocycles. The molecule has 4 rings (SSSR count). The Labute approximate surface area is 185 Å². The standard InChI is InChI=1S/C21H24N4O4S2/c1-14(22-17-6-7-19-20(13-17)30-15(2)23-19)21(26)24-16-4-3-5-18(12-16)31(27,28)25-8-10-29-11-9-25/h3-7,12-14,22H,8-11H2,1-2H3,(H,24,26)/t14-/m0/s1. The number of amides is 1. The Morgan fingerprint density at radius 1 is 1.16 bits per heavy atom. The monoisotopic (exact) mass is 460 g/mol. The lowest BCUT2D eigenvalue weighted by Crippen LogP contribution is -2.40. The molecule has 1 saturated heterocycles. The molecule has 0 aliphatic carbocycles. The van der Waals surface area contributed by atoms with Gasteiger partial charge in [-0.2, -0.15) is 4.31 Å². The van der Waals surface area contributed by atoms with E-state index in [0.29, 0.717) is 32.0 Å². The van der Waals surface area contributed by atoms with E-state index in [-0.39, 0.29) is 10.8 Å². The molecule has 0 radical (unpaired) electrons. The number of hydrogen-bond donors (Lipinski definition) is 2. The number of rotatable bonds is 6. The first-order valence-electron chi connectivity index (χ1n) is 9.95. The van der Waals surface area contributed by atoms with Crippen molar-refractivity contribution >= 4 is 48.9 Å². The highest BCUT2D eigenvalue weighted by Crippen LogP contribution is 2.25. The smallest absolute Gasteiger partial charge is 0.246 e. The minimum atomic E-state index is -3.63. The molecule has 164 valence electrons. The van der Waals surface area contributed by atoms with Crippen molar-refractivity contribution in [3.05, 3.63) is 47.5 Å². The number of anilines is 2. The van der Waals surface area contributed by atoms with Crippen LogP contribution < -0.4 is 10.6 Å². The van der Waals surface area contributed by atoms with Crippen molar-refractivity contribution in [3.63, 3.8) is 0 Å². The van der Waals surface area contributed by atoms with E-state index in [1.807, 2.05) is 25.1 Å². The second kappa shape index (κ2) is 8.91. The van der Waals surface area contributed by atoms with Gasteiger partial charge >= 0.3 is 0 Å². The molecular formula is C21H24N4O4S2. The third-order valence-corrected chi connectivity index (χ3v) is 7.81. The van der Waals surface area contributed by atoms with Gasteiger partial charge in [0.1, 0.15) is 6.04 Å². The molecule has 0 saturated carbocycles. The molecule has 1 aliphatic rings. The van der Waals surface area contributed by atoms with E-state index < -0.39 is 16.1 Å². The first-order valence-corrected chi connectivity index (χ1v) is 12.2. The number of ether oxygens (including phenoxy) is 1. The summed E-state index contributed by atoms with van der Waals surface area (Å²) >= 11 is 1.60. The van der Waals surface area contributed by atoms with Crippen LogP contribution in [-0.2, 0) is 19.6 Å². The van der Waals surface area contributed by atoms with Crippen LogP contribution >= 0.6 is 11.3 Å². The molecule has 0 spiro atoms. The quantitative estimate of drug-likeness (QED) is 0.586. The van der Waals surface area contributed by atoms with Gasteiger partial charge in [-0.1, -0.05) is 6.07 Å². The number of aromatic nitrogens is 1. The lowest BCUT2D eigenvalue weighted by molar-refractivity contribution is -0.116. The van der Waals surface area contributed by atoms with Gasteiger partial charge in [0.2, 0.25) is 15.9 Å². The number of carbonyl (C=O) groups is 1. The van der Waals surface area contributed by atoms with E-state index in [1.54, 1.807) is 30.4 Å². The van der Waals surface area contributed by atoms with Crippen molar-refractivity contribution in [1.29, 1.82) is 0 Å². The number of nitrogens with one attached hydrogen (secondary N) is 2. The largest absolute Gasteiger partial charge is 0.379 e. The highest BCUT2D eigenvalue weighted by Gasteiger charge is 2.26. The van der Waals surface area contributed by atoms with Crippen molar-refractivity contribution in [2.45, 2.75) is 24.8 Å². The molecule has 8 nitrogen and oxygen atoms in total. The van der Waals surface area contributed by atoms with Crippen LogP contribution in [0.5, 0.6) is 0 Å². The summed E-state index contributed by atoms with van der Waals surface area (Å²) < 4.78 is 33.4. The van der Waals surface area contributed by atoms with Crippen molar-refractivity contribution in [3.8, 4) is 0 Å². The summed E-state index contributed by atoms with van der Waals surface area (Å²) in [5.41, 5.74) is 2.19. The Hall–Kier alpha value is -2.53. The van der Waals surface area contributed by atoms with E-state index in [4.69, 9.17) is 4.74 Å². The van der Waals surface area contributed by atoms with Gasteiger partial charge in [-0.15, -0.1) is 11.3 Å². The third-order valence-electron chi connectivity index (χ3n) is 4.98. The average molecular weight is 461 g/mol. The number of morpholine rings is 1. The number of hydrogen-bond acceptors (Lipinski definition) is 7. The highest BCUT2D eigenvalue weighted by molar-refractivity contribution is 7.89. The van der Waals surface area contributed by atoms with E-state index in [0.717, 1.165) is 20.9 Å². The molecular weight excluding hydrogens is 436 g/mol. The molecule has 1 amide bonds. The second-order valence-electron chi connectivity index (χ2n) is 7.31. The van der Waals surface area contributed by atoms with Crippen molar-refractivity contribution in [2.75, 3.05) is 36.9 Å². The number of sulfonamides is 1. The number of carbonyl (C=O) groups excluding carboxylic acids is 1. The Balaban J connectivity index is 1.44. The van der Waals surface area contributed by atoms with E-state index in [1.165, 1.54) is 16.4 Å². The first-order chi connectivity index (χ1) is 14.8.